The van der Waals surface area contributed by atoms with Crippen molar-refractivity contribution in [1.29, 1.82) is 0 Å². The average molecular weight is 496 g/mol. The second kappa shape index (κ2) is 11.1. The first-order valence-corrected chi connectivity index (χ1v) is 10.4. The van der Waals surface area contributed by atoms with Crippen molar-refractivity contribution in [1.82, 2.24) is 0 Å². The standard InChI is InChI=1S/C26H19F7O2/c1-2-3-4-5-16-6-9-18(10-7-16)26(32,33)35-19-11-12-20(21(27)15-19)17-8-13-23(22(28)14-17)34-25(31)24(29)30/h3-4,6-15H,2,5H2,1H3/b4-3-. The molecule has 0 aliphatic heterocycles. The maximum Gasteiger partial charge on any atom is 0.426 e. The molecule has 3 aromatic carbocycles. The predicted molar refractivity (Wildman–Crippen MR) is 117 cm³/mol. The highest BCUT2D eigenvalue weighted by Gasteiger charge is 2.34. The molecule has 0 spiro atoms. The van der Waals surface area contributed by atoms with Crippen LogP contribution in [0.25, 0.3) is 11.1 Å². The van der Waals surface area contributed by atoms with E-state index < -0.39 is 46.9 Å². The molecule has 0 fully saturated rings. The van der Waals surface area contributed by atoms with E-state index in [2.05, 4.69) is 4.74 Å². The summed E-state index contributed by atoms with van der Waals surface area (Å²) in [6.45, 7) is 1.98. The van der Waals surface area contributed by atoms with E-state index in [1.807, 2.05) is 19.1 Å². The van der Waals surface area contributed by atoms with Crippen LogP contribution in [0.5, 0.6) is 11.5 Å². The molecule has 0 radical (unpaired) electrons. The largest absolute Gasteiger partial charge is 0.429 e. The quantitative estimate of drug-likeness (QED) is 0.168. The van der Waals surface area contributed by atoms with Crippen LogP contribution in [0.2, 0.25) is 0 Å². The van der Waals surface area contributed by atoms with E-state index in [0.29, 0.717) is 12.5 Å². The number of hydrogen-bond acceptors (Lipinski definition) is 2. The smallest absolute Gasteiger partial charge is 0.426 e. The fourth-order valence-electron chi connectivity index (χ4n) is 3.11. The molecule has 184 valence electrons. The van der Waals surface area contributed by atoms with Crippen molar-refractivity contribution in [3.8, 4) is 22.6 Å². The zero-order valence-electron chi connectivity index (χ0n) is 18.3. The second-order valence-electron chi connectivity index (χ2n) is 7.32. The summed E-state index contributed by atoms with van der Waals surface area (Å²) in [6.07, 6.45) is -1.16. The van der Waals surface area contributed by atoms with Gasteiger partial charge in [-0.05, 0) is 60.4 Å². The Morgan fingerprint density at radius 1 is 0.857 bits per heavy atom. The van der Waals surface area contributed by atoms with E-state index in [-0.39, 0.29) is 11.1 Å². The molecular formula is C26H19F7O2. The van der Waals surface area contributed by atoms with Crippen molar-refractivity contribution in [3.05, 3.63) is 108 Å². The fraction of sp³-hybridized carbons (Fsp3) is 0.154. The average Bonchev–Trinajstić information content (AvgIpc) is 2.80. The van der Waals surface area contributed by atoms with Crippen LogP contribution >= 0.6 is 0 Å². The summed E-state index contributed by atoms with van der Waals surface area (Å²) in [7, 11) is 0. The Kier molecular flexibility index (Phi) is 8.22. The molecule has 9 heteroatoms. The molecule has 0 atom stereocenters. The Labute approximate surface area is 196 Å². The Balaban J connectivity index is 1.76. The summed E-state index contributed by atoms with van der Waals surface area (Å²) in [6, 6.07) is 8.76. The van der Waals surface area contributed by atoms with Gasteiger partial charge in [-0.15, -0.1) is 0 Å². The molecule has 0 saturated carbocycles. The van der Waals surface area contributed by atoms with E-state index in [9.17, 15) is 30.7 Å². The fourth-order valence-corrected chi connectivity index (χ4v) is 3.11. The minimum Gasteiger partial charge on any atom is -0.429 e. The van der Waals surface area contributed by atoms with Crippen molar-refractivity contribution in [2.75, 3.05) is 0 Å². The number of alkyl halides is 2. The summed E-state index contributed by atoms with van der Waals surface area (Å²) in [5.74, 6) is -3.56. The molecular weight excluding hydrogens is 477 g/mol. The van der Waals surface area contributed by atoms with E-state index >= 15 is 0 Å². The van der Waals surface area contributed by atoms with Gasteiger partial charge in [0, 0.05) is 11.6 Å². The normalized spacial score (nSPS) is 11.5. The van der Waals surface area contributed by atoms with Gasteiger partial charge in [-0.3, -0.25) is 0 Å². The Morgan fingerprint density at radius 2 is 1.57 bits per heavy atom. The van der Waals surface area contributed by atoms with E-state index in [1.54, 1.807) is 12.1 Å². The van der Waals surface area contributed by atoms with Crippen molar-refractivity contribution in [3.63, 3.8) is 0 Å². The minimum absolute atomic E-state index is 0.0662. The van der Waals surface area contributed by atoms with Crippen molar-refractivity contribution >= 4 is 0 Å². The first-order chi connectivity index (χ1) is 16.6. The highest BCUT2D eigenvalue weighted by atomic mass is 19.3. The van der Waals surface area contributed by atoms with Crippen LogP contribution in [0.3, 0.4) is 0 Å². The maximum absolute atomic E-state index is 14.6. The van der Waals surface area contributed by atoms with Gasteiger partial charge in [0.05, 0.1) is 5.56 Å². The van der Waals surface area contributed by atoms with Gasteiger partial charge in [0.15, 0.2) is 11.6 Å². The SMILES string of the molecule is CC/C=C\Cc1ccc(C(F)(F)Oc2ccc(-c3ccc(OC(F)=C(F)F)c(F)c3)c(F)c2)cc1. The monoisotopic (exact) mass is 496 g/mol. The molecule has 0 saturated heterocycles. The number of ether oxygens (including phenoxy) is 2. The minimum atomic E-state index is -3.75. The van der Waals surface area contributed by atoms with Crippen molar-refractivity contribution < 1.29 is 40.2 Å². The molecule has 0 aliphatic rings. The Hall–Kier alpha value is -3.75. The summed E-state index contributed by atoms with van der Waals surface area (Å²) < 4.78 is 104. The molecule has 35 heavy (non-hydrogen) atoms. The molecule has 0 amide bonds. The Morgan fingerprint density at radius 3 is 2.17 bits per heavy atom. The Bertz CT molecular complexity index is 1230. The van der Waals surface area contributed by atoms with Crippen LogP contribution in [0.15, 0.2) is 84.9 Å². The van der Waals surface area contributed by atoms with Crippen LogP contribution in [-0.2, 0) is 12.5 Å². The van der Waals surface area contributed by atoms with Gasteiger partial charge in [-0.2, -0.15) is 22.0 Å². The first-order valence-electron chi connectivity index (χ1n) is 10.4. The van der Waals surface area contributed by atoms with Gasteiger partial charge in [-0.1, -0.05) is 37.3 Å². The van der Waals surface area contributed by atoms with Crippen LogP contribution in [0, 0.1) is 11.6 Å². The third-order valence-corrected chi connectivity index (χ3v) is 4.82. The third kappa shape index (κ3) is 6.65. The lowest BCUT2D eigenvalue weighted by atomic mass is 10.0. The molecule has 3 rings (SSSR count). The van der Waals surface area contributed by atoms with Gasteiger partial charge in [0.2, 0.25) is 0 Å². The van der Waals surface area contributed by atoms with Gasteiger partial charge >= 0.3 is 18.2 Å². The lowest BCUT2D eigenvalue weighted by Gasteiger charge is -2.19. The molecule has 0 heterocycles. The summed E-state index contributed by atoms with van der Waals surface area (Å²) >= 11 is 0. The van der Waals surface area contributed by atoms with E-state index in [4.69, 9.17) is 4.74 Å². The number of benzene rings is 3. The molecule has 0 N–H and O–H groups in total. The lowest BCUT2D eigenvalue weighted by molar-refractivity contribution is -0.185. The first kappa shape index (κ1) is 25.9. The zero-order chi connectivity index (χ0) is 25.6. The van der Waals surface area contributed by atoms with Crippen molar-refractivity contribution in [2.24, 2.45) is 0 Å². The van der Waals surface area contributed by atoms with E-state index in [0.717, 1.165) is 42.3 Å². The molecule has 3 aromatic rings. The third-order valence-electron chi connectivity index (χ3n) is 4.82. The molecule has 2 nitrogen and oxygen atoms in total. The summed E-state index contributed by atoms with van der Waals surface area (Å²) in [5, 5.41) is 0. The highest BCUT2D eigenvalue weighted by Crippen LogP contribution is 2.35. The predicted octanol–water partition coefficient (Wildman–Crippen LogP) is 8.68. The number of hydrogen-bond donors (Lipinski definition) is 0. The molecule has 0 unspecified atom stereocenters. The number of allylic oxidation sites excluding steroid dienone is 2. The number of rotatable bonds is 9. The zero-order valence-corrected chi connectivity index (χ0v) is 18.3. The second-order valence-corrected chi connectivity index (χ2v) is 7.32. The summed E-state index contributed by atoms with van der Waals surface area (Å²) in [4.78, 5) is 0. The number of halogens is 7. The van der Waals surface area contributed by atoms with Gasteiger partial charge in [0.1, 0.15) is 11.6 Å². The highest BCUT2D eigenvalue weighted by molar-refractivity contribution is 5.66. The topological polar surface area (TPSA) is 18.5 Å². The van der Waals surface area contributed by atoms with Gasteiger partial charge in [0.25, 0.3) is 0 Å². The van der Waals surface area contributed by atoms with Gasteiger partial charge in [-0.25, -0.2) is 8.78 Å². The van der Waals surface area contributed by atoms with Gasteiger partial charge < -0.3 is 9.47 Å². The van der Waals surface area contributed by atoms with Crippen LogP contribution in [-0.4, -0.2) is 0 Å². The van der Waals surface area contributed by atoms with E-state index in [1.165, 1.54) is 12.1 Å². The summed E-state index contributed by atoms with van der Waals surface area (Å²) in [5.41, 5.74) is 0.155. The molecule has 0 bridgehead atoms. The van der Waals surface area contributed by atoms with Crippen LogP contribution in [0.4, 0.5) is 30.7 Å². The van der Waals surface area contributed by atoms with Crippen LogP contribution in [0.1, 0.15) is 24.5 Å². The lowest BCUT2D eigenvalue weighted by Crippen LogP contribution is -2.21. The van der Waals surface area contributed by atoms with Crippen molar-refractivity contribution in [2.45, 2.75) is 25.9 Å². The molecule has 0 aromatic heterocycles. The maximum atomic E-state index is 14.6. The molecule has 0 aliphatic carbocycles. The van der Waals surface area contributed by atoms with Crippen LogP contribution < -0.4 is 9.47 Å².